The van der Waals surface area contributed by atoms with E-state index in [9.17, 15) is 4.79 Å². The summed E-state index contributed by atoms with van der Waals surface area (Å²) in [6.45, 7) is 14.9. The molecule has 2 aromatic rings. The predicted molar refractivity (Wildman–Crippen MR) is 115 cm³/mol. The summed E-state index contributed by atoms with van der Waals surface area (Å²) in [6.07, 6.45) is 0.623. The lowest BCUT2D eigenvalue weighted by atomic mass is 9.95. The van der Waals surface area contributed by atoms with Crippen LogP contribution in [0, 0.1) is 0 Å². The van der Waals surface area contributed by atoms with Crippen molar-refractivity contribution in [3.8, 4) is 0 Å². The van der Waals surface area contributed by atoms with Gasteiger partial charge in [0, 0.05) is 6.42 Å². The zero-order valence-corrected chi connectivity index (χ0v) is 18.4. The third-order valence-electron chi connectivity index (χ3n) is 5.11. The van der Waals surface area contributed by atoms with Gasteiger partial charge in [-0.3, -0.25) is 4.79 Å². The van der Waals surface area contributed by atoms with Gasteiger partial charge in [-0.2, -0.15) is 0 Å². The molecule has 0 unspecified atom stereocenters. The fourth-order valence-corrected chi connectivity index (χ4v) is 3.14. The van der Waals surface area contributed by atoms with E-state index in [2.05, 4.69) is 49.5 Å². The molecule has 0 radical (unpaired) electrons. The molecule has 0 heterocycles. The van der Waals surface area contributed by atoms with E-state index in [1.807, 2.05) is 46.8 Å². The van der Waals surface area contributed by atoms with Crippen molar-refractivity contribution >= 4 is 16.7 Å². The molecule has 0 amide bonds. The summed E-state index contributed by atoms with van der Waals surface area (Å²) < 4.78 is 12.0. The maximum atomic E-state index is 12.5. The van der Waals surface area contributed by atoms with Gasteiger partial charge in [-0.25, -0.2) is 0 Å². The molecular weight excluding hydrogens is 350 g/mol. The maximum absolute atomic E-state index is 12.5. The molecule has 0 aromatic heterocycles. The first-order valence-electron chi connectivity index (χ1n) is 10.1. The molecule has 28 heavy (non-hydrogen) atoms. The molecular formula is C24H35NO3. The zero-order valence-electron chi connectivity index (χ0n) is 18.4. The average Bonchev–Trinajstić information content (AvgIpc) is 2.60. The molecule has 0 bridgehead atoms. The van der Waals surface area contributed by atoms with E-state index in [0.717, 1.165) is 5.56 Å². The van der Waals surface area contributed by atoms with Crippen molar-refractivity contribution in [3.63, 3.8) is 0 Å². The van der Waals surface area contributed by atoms with Crippen molar-refractivity contribution in [3.05, 3.63) is 48.0 Å². The predicted octanol–water partition coefficient (Wildman–Crippen LogP) is 5.19. The van der Waals surface area contributed by atoms with E-state index in [1.54, 1.807) is 0 Å². The lowest BCUT2D eigenvalue weighted by molar-refractivity contribution is -0.166. The molecule has 0 aliphatic heterocycles. The standard InChI is InChI=1S/C24H35NO3/c1-8-25-23(4,5)21(26)28-22(2,3)15-16-27-24(6,7)20-14-13-18-11-9-10-12-19(18)17-20/h9-14,17,25H,8,15-16H2,1-7H3. The molecule has 0 atom stereocenters. The van der Waals surface area contributed by atoms with Crippen LogP contribution in [0.3, 0.4) is 0 Å². The summed E-state index contributed by atoms with van der Waals surface area (Å²) in [5.74, 6) is -0.242. The Hall–Kier alpha value is -1.91. The van der Waals surface area contributed by atoms with E-state index in [-0.39, 0.29) is 5.97 Å². The molecule has 0 aliphatic carbocycles. The number of ether oxygens (including phenoxy) is 2. The lowest BCUT2D eigenvalue weighted by Crippen LogP contribution is -2.50. The summed E-state index contributed by atoms with van der Waals surface area (Å²) in [4.78, 5) is 12.5. The number of rotatable bonds is 9. The minimum atomic E-state index is -0.697. The molecule has 2 rings (SSSR count). The van der Waals surface area contributed by atoms with Crippen LogP contribution in [-0.2, 0) is 19.9 Å². The summed E-state index contributed by atoms with van der Waals surface area (Å²) in [7, 11) is 0. The summed E-state index contributed by atoms with van der Waals surface area (Å²) in [5.41, 5.74) is -0.581. The molecule has 2 aromatic carbocycles. The number of nitrogens with one attached hydrogen (secondary N) is 1. The first kappa shape index (κ1) is 22.4. The van der Waals surface area contributed by atoms with Gasteiger partial charge in [0.05, 0.1) is 12.2 Å². The van der Waals surface area contributed by atoms with Gasteiger partial charge in [0.1, 0.15) is 11.1 Å². The average molecular weight is 386 g/mol. The Labute approximate surface area is 169 Å². The monoisotopic (exact) mass is 385 g/mol. The third kappa shape index (κ3) is 5.79. The van der Waals surface area contributed by atoms with Crippen LogP contribution >= 0.6 is 0 Å². The molecule has 4 nitrogen and oxygen atoms in total. The van der Waals surface area contributed by atoms with Crippen molar-refractivity contribution in [1.29, 1.82) is 0 Å². The Bertz CT molecular complexity index is 808. The van der Waals surface area contributed by atoms with E-state index in [4.69, 9.17) is 9.47 Å². The molecule has 154 valence electrons. The number of esters is 1. The fraction of sp³-hybridized carbons (Fsp3) is 0.542. The first-order valence-corrected chi connectivity index (χ1v) is 10.1. The number of carbonyl (C=O) groups is 1. The van der Waals surface area contributed by atoms with Crippen molar-refractivity contribution in [2.75, 3.05) is 13.2 Å². The maximum Gasteiger partial charge on any atom is 0.326 e. The van der Waals surface area contributed by atoms with Crippen LogP contribution in [0.5, 0.6) is 0 Å². The zero-order chi connectivity index (χ0) is 21.0. The molecule has 1 N–H and O–H groups in total. The normalized spacial score (nSPS) is 13.0. The SMILES string of the molecule is CCNC(C)(C)C(=O)OC(C)(C)CCOC(C)(C)c1ccc2ccccc2c1. The van der Waals surface area contributed by atoms with Crippen molar-refractivity contribution in [2.45, 2.75) is 71.6 Å². The van der Waals surface area contributed by atoms with Crippen molar-refractivity contribution < 1.29 is 14.3 Å². The topological polar surface area (TPSA) is 47.6 Å². The minimum Gasteiger partial charge on any atom is -0.458 e. The molecule has 0 aliphatic rings. The number of fused-ring (bicyclic) bond motifs is 1. The fourth-order valence-electron chi connectivity index (χ4n) is 3.14. The minimum absolute atomic E-state index is 0.242. The van der Waals surface area contributed by atoms with Crippen LogP contribution in [-0.4, -0.2) is 30.3 Å². The van der Waals surface area contributed by atoms with Crippen LogP contribution in [0.1, 0.15) is 60.5 Å². The Morgan fingerprint density at radius 2 is 1.61 bits per heavy atom. The van der Waals surface area contributed by atoms with Gasteiger partial charge < -0.3 is 14.8 Å². The smallest absolute Gasteiger partial charge is 0.326 e. The van der Waals surface area contributed by atoms with Gasteiger partial charge in [-0.1, -0.05) is 43.3 Å². The van der Waals surface area contributed by atoms with E-state index in [1.165, 1.54) is 10.8 Å². The number of likely N-dealkylation sites (N-methyl/N-ethyl adjacent to an activating group) is 1. The van der Waals surface area contributed by atoms with E-state index in [0.29, 0.717) is 19.6 Å². The highest BCUT2D eigenvalue weighted by Crippen LogP contribution is 2.29. The molecule has 4 heteroatoms. The highest BCUT2D eigenvalue weighted by Gasteiger charge is 2.34. The van der Waals surface area contributed by atoms with Gasteiger partial charge >= 0.3 is 5.97 Å². The first-order chi connectivity index (χ1) is 13.0. The van der Waals surface area contributed by atoms with Crippen LogP contribution in [0.15, 0.2) is 42.5 Å². The molecule has 0 saturated carbocycles. The second kappa shape index (κ2) is 8.62. The second-order valence-electron chi connectivity index (χ2n) is 8.98. The number of carbonyl (C=O) groups excluding carboxylic acids is 1. The van der Waals surface area contributed by atoms with Crippen LogP contribution < -0.4 is 5.32 Å². The Morgan fingerprint density at radius 1 is 0.964 bits per heavy atom. The van der Waals surface area contributed by atoms with Gasteiger partial charge in [-0.15, -0.1) is 0 Å². The molecule has 0 saturated heterocycles. The lowest BCUT2D eigenvalue weighted by Gasteiger charge is -2.33. The van der Waals surface area contributed by atoms with Crippen molar-refractivity contribution in [1.82, 2.24) is 5.32 Å². The Morgan fingerprint density at radius 3 is 2.25 bits per heavy atom. The van der Waals surface area contributed by atoms with Crippen LogP contribution in [0.4, 0.5) is 0 Å². The summed E-state index contributed by atoms with van der Waals surface area (Å²) in [6, 6.07) is 14.7. The highest BCUT2D eigenvalue weighted by atomic mass is 16.6. The largest absolute Gasteiger partial charge is 0.458 e. The summed E-state index contributed by atoms with van der Waals surface area (Å²) in [5, 5.41) is 5.58. The quantitative estimate of drug-likeness (QED) is 0.603. The van der Waals surface area contributed by atoms with Gasteiger partial charge in [0.15, 0.2) is 0 Å². The highest BCUT2D eigenvalue weighted by molar-refractivity contribution is 5.83. The number of hydrogen-bond acceptors (Lipinski definition) is 4. The second-order valence-corrected chi connectivity index (χ2v) is 8.98. The number of benzene rings is 2. The van der Waals surface area contributed by atoms with E-state index < -0.39 is 16.7 Å². The molecule has 0 spiro atoms. The van der Waals surface area contributed by atoms with E-state index >= 15 is 0 Å². The number of hydrogen-bond donors (Lipinski definition) is 1. The van der Waals surface area contributed by atoms with Crippen LogP contribution in [0.2, 0.25) is 0 Å². The third-order valence-corrected chi connectivity index (χ3v) is 5.11. The van der Waals surface area contributed by atoms with Gasteiger partial charge in [-0.05, 0) is 70.5 Å². The van der Waals surface area contributed by atoms with Gasteiger partial charge in [0.2, 0.25) is 0 Å². The summed E-state index contributed by atoms with van der Waals surface area (Å²) >= 11 is 0. The van der Waals surface area contributed by atoms with Crippen LogP contribution in [0.25, 0.3) is 10.8 Å². The Balaban J connectivity index is 1.96. The van der Waals surface area contributed by atoms with Crippen molar-refractivity contribution in [2.24, 2.45) is 0 Å². The molecule has 0 fully saturated rings. The Kier molecular flexibility index (Phi) is 6.89. The van der Waals surface area contributed by atoms with Gasteiger partial charge in [0.25, 0.3) is 0 Å².